The average molecular weight is 383 g/mol. The van der Waals surface area contributed by atoms with Gasteiger partial charge in [0.05, 0.1) is 18.3 Å². The third-order valence-electron chi connectivity index (χ3n) is 5.63. The summed E-state index contributed by atoms with van der Waals surface area (Å²) in [6.45, 7) is 1.83. The lowest BCUT2D eigenvalue weighted by Gasteiger charge is -2.19. The van der Waals surface area contributed by atoms with Gasteiger partial charge in [0, 0.05) is 24.1 Å². The quantitative estimate of drug-likeness (QED) is 0.349. The molecule has 1 saturated heterocycles. The lowest BCUT2D eigenvalue weighted by atomic mass is 9.81. The summed E-state index contributed by atoms with van der Waals surface area (Å²) in [4.78, 5) is 49.8. The molecule has 1 aromatic heterocycles. The molecular formula is C21H21NO6. The molecular weight excluding hydrogens is 362 g/mol. The highest BCUT2D eigenvalue weighted by molar-refractivity contribution is 6.05. The van der Waals surface area contributed by atoms with E-state index in [1.807, 2.05) is 0 Å². The molecule has 1 aliphatic carbocycles. The zero-order chi connectivity index (χ0) is 19.8. The van der Waals surface area contributed by atoms with E-state index in [0.717, 1.165) is 36.6 Å². The Bertz CT molecular complexity index is 999. The fourth-order valence-corrected chi connectivity index (χ4v) is 4.21. The first kappa shape index (κ1) is 18.4. The second-order valence-electron chi connectivity index (χ2n) is 7.46. The molecule has 2 atom stereocenters. The van der Waals surface area contributed by atoms with E-state index in [0.29, 0.717) is 5.58 Å². The van der Waals surface area contributed by atoms with Gasteiger partial charge in [0.2, 0.25) is 11.8 Å². The Morgan fingerprint density at radius 1 is 1.11 bits per heavy atom. The topological polar surface area (TPSA) is 93.9 Å². The summed E-state index contributed by atoms with van der Waals surface area (Å²) in [5.74, 6) is -1.06. The molecule has 1 aromatic carbocycles. The first-order chi connectivity index (χ1) is 13.4. The molecule has 0 bridgehead atoms. The van der Waals surface area contributed by atoms with Crippen LogP contribution in [0.5, 0.6) is 5.75 Å². The minimum atomic E-state index is -0.551. The van der Waals surface area contributed by atoms with E-state index < -0.39 is 11.6 Å². The molecule has 4 rings (SSSR count). The van der Waals surface area contributed by atoms with Crippen LogP contribution in [0.2, 0.25) is 0 Å². The lowest BCUT2D eigenvalue weighted by Crippen LogP contribution is -2.33. The van der Waals surface area contributed by atoms with E-state index >= 15 is 0 Å². The Labute approximate surface area is 161 Å². The van der Waals surface area contributed by atoms with Crippen molar-refractivity contribution in [1.82, 2.24) is 4.90 Å². The van der Waals surface area contributed by atoms with Crippen molar-refractivity contribution in [3.05, 3.63) is 40.2 Å². The number of amides is 2. The number of hydrogen-bond acceptors (Lipinski definition) is 6. The summed E-state index contributed by atoms with van der Waals surface area (Å²) < 4.78 is 10.4. The third kappa shape index (κ3) is 3.32. The summed E-state index contributed by atoms with van der Waals surface area (Å²) in [6, 6.07) is 6.22. The molecule has 2 amide bonds. The van der Waals surface area contributed by atoms with Crippen LogP contribution in [0.3, 0.4) is 0 Å². The van der Waals surface area contributed by atoms with E-state index in [2.05, 4.69) is 0 Å². The minimum absolute atomic E-state index is 0.0330. The zero-order valence-electron chi connectivity index (χ0n) is 15.6. The largest absolute Gasteiger partial charge is 0.426 e. The van der Waals surface area contributed by atoms with Gasteiger partial charge in [0.15, 0.2) is 0 Å². The highest BCUT2D eigenvalue weighted by Gasteiger charge is 2.47. The SMILES string of the molecule is Cc1cc(=O)oc2cc(OC(=O)CCN3C(=O)[C@@H]4CCCC[C@H]4C3=O)ccc12. The van der Waals surface area contributed by atoms with Gasteiger partial charge < -0.3 is 9.15 Å². The number of carbonyl (C=O) groups is 3. The van der Waals surface area contributed by atoms with E-state index in [-0.39, 0.29) is 42.4 Å². The van der Waals surface area contributed by atoms with Crippen molar-refractivity contribution >= 4 is 28.8 Å². The molecule has 1 aliphatic heterocycles. The van der Waals surface area contributed by atoms with E-state index in [4.69, 9.17) is 9.15 Å². The van der Waals surface area contributed by atoms with E-state index in [1.54, 1.807) is 19.1 Å². The minimum Gasteiger partial charge on any atom is -0.426 e. The maximum absolute atomic E-state index is 12.4. The Kier molecular flexibility index (Phi) is 4.75. The Morgan fingerprint density at radius 3 is 2.46 bits per heavy atom. The number of hydrogen-bond donors (Lipinski definition) is 0. The van der Waals surface area contributed by atoms with Crippen molar-refractivity contribution in [2.45, 2.75) is 39.0 Å². The van der Waals surface area contributed by atoms with Gasteiger partial charge in [0.1, 0.15) is 11.3 Å². The molecule has 0 N–H and O–H groups in total. The second kappa shape index (κ2) is 7.22. The molecule has 146 valence electrons. The van der Waals surface area contributed by atoms with Crippen molar-refractivity contribution in [3.63, 3.8) is 0 Å². The van der Waals surface area contributed by atoms with Crippen LogP contribution in [0.15, 0.2) is 33.5 Å². The molecule has 7 nitrogen and oxygen atoms in total. The summed E-state index contributed by atoms with van der Waals surface area (Å²) >= 11 is 0. The summed E-state index contributed by atoms with van der Waals surface area (Å²) in [7, 11) is 0. The molecule has 2 fully saturated rings. The maximum Gasteiger partial charge on any atom is 0.336 e. The second-order valence-corrected chi connectivity index (χ2v) is 7.46. The third-order valence-corrected chi connectivity index (χ3v) is 5.63. The van der Waals surface area contributed by atoms with Crippen molar-refractivity contribution in [2.24, 2.45) is 11.8 Å². The van der Waals surface area contributed by atoms with Gasteiger partial charge in [0.25, 0.3) is 0 Å². The van der Waals surface area contributed by atoms with Crippen molar-refractivity contribution < 1.29 is 23.5 Å². The number of fused-ring (bicyclic) bond motifs is 2. The number of imide groups is 1. The van der Waals surface area contributed by atoms with Gasteiger partial charge in [-0.3, -0.25) is 19.3 Å². The summed E-state index contributed by atoms with van der Waals surface area (Å²) in [5, 5.41) is 0.760. The van der Waals surface area contributed by atoms with E-state index in [1.165, 1.54) is 17.0 Å². The molecule has 2 aromatic rings. The number of likely N-dealkylation sites (tertiary alicyclic amines) is 1. The fraction of sp³-hybridized carbons (Fsp3) is 0.429. The van der Waals surface area contributed by atoms with Gasteiger partial charge >= 0.3 is 11.6 Å². The normalized spacial score (nSPS) is 21.8. The molecule has 0 unspecified atom stereocenters. The summed E-state index contributed by atoms with van der Waals surface area (Å²) in [6.07, 6.45) is 3.35. The van der Waals surface area contributed by atoms with Crippen molar-refractivity contribution in [3.8, 4) is 5.75 Å². The number of nitrogens with zero attached hydrogens (tertiary/aromatic N) is 1. The van der Waals surface area contributed by atoms with Crippen LogP contribution in [0.25, 0.3) is 11.0 Å². The molecule has 28 heavy (non-hydrogen) atoms. The van der Waals surface area contributed by atoms with Gasteiger partial charge in [-0.1, -0.05) is 12.8 Å². The average Bonchev–Trinajstić information content (AvgIpc) is 2.90. The first-order valence-electron chi connectivity index (χ1n) is 9.54. The van der Waals surface area contributed by atoms with Gasteiger partial charge in [-0.2, -0.15) is 0 Å². The predicted octanol–water partition coefficient (Wildman–Crippen LogP) is 2.57. The van der Waals surface area contributed by atoms with Crippen LogP contribution in [-0.4, -0.2) is 29.2 Å². The maximum atomic E-state index is 12.4. The predicted molar refractivity (Wildman–Crippen MR) is 99.6 cm³/mol. The van der Waals surface area contributed by atoms with Gasteiger partial charge in [-0.15, -0.1) is 0 Å². The number of carbonyl (C=O) groups excluding carboxylic acids is 3. The highest BCUT2D eigenvalue weighted by Crippen LogP contribution is 2.38. The standard InChI is InChI=1S/C21H21NO6/c1-12-10-19(24)28-17-11-13(6-7-14(12)17)27-18(23)8-9-22-20(25)15-4-2-3-5-16(15)21(22)26/h6-7,10-11,15-16H,2-5,8-9H2,1H3/t15-,16-/m1/s1. The number of benzene rings is 1. The van der Waals surface area contributed by atoms with Crippen LogP contribution in [-0.2, 0) is 14.4 Å². The Hall–Kier alpha value is -2.96. The molecule has 0 radical (unpaired) electrons. The van der Waals surface area contributed by atoms with Crippen molar-refractivity contribution in [1.29, 1.82) is 0 Å². The van der Waals surface area contributed by atoms with Crippen LogP contribution < -0.4 is 10.4 Å². The molecule has 1 saturated carbocycles. The smallest absolute Gasteiger partial charge is 0.336 e. The highest BCUT2D eigenvalue weighted by atomic mass is 16.5. The first-order valence-corrected chi connectivity index (χ1v) is 9.54. The number of rotatable bonds is 4. The molecule has 7 heteroatoms. The zero-order valence-corrected chi connectivity index (χ0v) is 15.6. The molecule has 2 aliphatic rings. The molecule has 0 spiro atoms. The molecule has 2 heterocycles. The van der Waals surface area contributed by atoms with Crippen LogP contribution in [0.4, 0.5) is 0 Å². The van der Waals surface area contributed by atoms with E-state index in [9.17, 15) is 19.2 Å². The monoisotopic (exact) mass is 383 g/mol. The Balaban J connectivity index is 1.41. The summed E-state index contributed by atoms with van der Waals surface area (Å²) in [5.41, 5.74) is 0.641. The number of esters is 1. The van der Waals surface area contributed by atoms with Crippen molar-refractivity contribution in [2.75, 3.05) is 6.54 Å². The van der Waals surface area contributed by atoms with Gasteiger partial charge in [-0.05, 0) is 37.5 Å². The number of aryl methyl sites for hydroxylation is 1. The lowest BCUT2D eigenvalue weighted by molar-refractivity contribution is -0.141. The van der Waals surface area contributed by atoms with Crippen LogP contribution >= 0.6 is 0 Å². The van der Waals surface area contributed by atoms with Crippen LogP contribution in [0.1, 0.15) is 37.7 Å². The van der Waals surface area contributed by atoms with Gasteiger partial charge in [-0.25, -0.2) is 4.79 Å². The Morgan fingerprint density at radius 2 is 1.79 bits per heavy atom. The fourth-order valence-electron chi connectivity index (χ4n) is 4.21. The number of ether oxygens (including phenoxy) is 1. The van der Waals surface area contributed by atoms with Crippen LogP contribution in [0, 0.1) is 18.8 Å².